The lowest BCUT2D eigenvalue weighted by Crippen LogP contribution is -2.37. The summed E-state index contributed by atoms with van der Waals surface area (Å²) < 4.78 is 0. The normalized spacial score (nSPS) is 19.8. The number of hydrogen-bond donors (Lipinski definition) is 3. The maximum atomic E-state index is 11.6. The van der Waals surface area contributed by atoms with Crippen molar-refractivity contribution in [1.29, 1.82) is 0 Å². The number of hydrogen-bond acceptors (Lipinski definition) is 3. The molecule has 1 aromatic rings. The molecule has 3 N–H and O–H groups in total. The Morgan fingerprint density at radius 2 is 2.19 bits per heavy atom. The Morgan fingerprint density at radius 3 is 2.90 bits per heavy atom. The van der Waals surface area contributed by atoms with Gasteiger partial charge >= 0.3 is 0 Å². The molecule has 2 atom stereocenters. The van der Waals surface area contributed by atoms with Crippen LogP contribution in [0.4, 0.5) is 5.69 Å². The minimum Gasteiger partial charge on any atom is -0.382 e. The molecular weight excluding hydrogens is 262 g/mol. The van der Waals surface area contributed by atoms with E-state index in [9.17, 15) is 4.79 Å². The number of anilines is 1. The average molecular weight is 289 g/mol. The van der Waals surface area contributed by atoms with Crippen molar-refractivity contribution in [2.24, 2.45) is 0 Å². The fourth-order valence-electron chi connectivity index (χ4n) is 2.95. The van der Waals surface area contributed by atoms with Gasteiger partial charge in [-0.05, 0) is 44.4 Å². The third kappa shape index (κ3) is 5.05. The van der Waals surface area contributed by atoms with Crippen LogP contribution in [0.1, 0.15) is 38.2 Å². The highest BCUT2D eigenvalue weighted by Crippen LogP contribution is 2.19. The van der Waals surface area contributed by atoms with Gasteiger partial charge in [0, 0.05) is 24.8 Å². The lowest BCUT2D eigenvalue weighted by Gasteiger charge is -2.27. The Hall–Kier alpha value is -1.55. The van der Waals surface area contributed by atoms with Gasteiger partial charge in [-0.15, -0.1) is 0 Å². The first-order chi connectivity index (χ1) is 10.2. The van der Waals surface area contributed by atoms with Gasteiger partial charge in [0.2, 0.25) is 5.91 Å². The fourth-order valence-corrected chi connectivity index (χ4v) is 2.95. The molecule has 2 rings (SSSR count). The Kier molecular flexibility index (Phi) is 6.05. The molecule has 0 aromatic heterocycles. The summed E-state index contributed by atoms with van der Waals surface area (Å²) in [5.74, 6) is 0.0471. The molecule has 0 aliphatic carbocycles. The van der Waals surface area contributed by atoms with Crippen LogP contribution in [0, 0.1) is 0 Å². The van der Waals surface area contributed by atoms with Gasteiger partial charge in [0.05, 0.1) is 6.42 Å². The minimum atomic E-state index is 0.0471. The van der Waals surface area contributed by atoms with Crippen LogP contribution in [0.2, 0.25) is 0 Å². The molecule has 0 spiro atoms. The highest BCUT2D eigenvalue weighted by Gasteiger charge is 2.16. The zero-order valence-corrected chi connectivity index (χ0v) is 13.1. The van der Waals surface area contributed by atoms with Crippen LogP contribution in [0.3, 0.4) is 0 Å². The van der Waals surface area contributed by atoms with Gasteiger partial charge in [-0.25, -0.2) is 0 Å². The molecule has 0 saturated carbocycles. The van der Waals surface area contributed by atoms with Crippen LogP contribution < -0.4 is 16.0 Å². The molecule has 1 saturated heterocycles. The van der Waals surface area contributed by atoms with Crippen molar-refractivity contribution >= 4 is 11.6 Å². The van der Waals surface area contributed by atoms with Gasteiger partial charge in [0.15, 0.2) is 0 Å². The lowest BCUT2D eigenvalue weighted by atomic mass is 9.98. The molecular formula is C17H27N3O. The SMILES string of the molecule is CNC(=O)Cc1ccccc1NC(C)CC1CCCCN1. The zero-order chi connectivity index (χ0) is 15.1. The zero-order valence-electron chi connectivity index (χ0n) is 13.1. The van der Waals surface area contributed by atoms with E-state index in [2.05, 4.69) is 28.9 Å². The molecule has 2 unspecified atom stereocenters. The van der Waals surface area contributed by atoms with E-state index < -0.39 is 0 Å². The first-order valence-corrected chi connectivity index (χ1v) is 7.97. The van der Waals surface area contributed by atoms with Gasteiger partial charge in [-0.3, -0.25) is 4.79 Å². The molecule has 1 heterocycles. The van der Waals surface area contributed by atoms with Gasteiger partial charge in [-0.2, -0.15) is 0 Å². The molecule has 0 bridgehead atoms. The Morgan fingerprint density at radius 1 is 1.38 bits per heavy atom. The number of nitrogens with one attached hydrogen (secondary N) is 3. The summed E-state index contributed by atoms with van der Waals surface area (Å²) in [6.07, 6.45) is 5.44. The molecule has 21 heavy (non-hydrogen) atoms. The maximum Gasteiger partial charge on any atom is 0.224 e. The van der Waals surface area contributed by atoms with Gasteiger partial charge < -0.3 is 16.0 Å². The standard InChI is InChI=1S/C17H27N3O/c1-13(11-15-8-5-6-10-19-15)20-16-9-4-3-7-14(16)12-17(21)18-2/h3-4,7,9,13,15,19-20H,5-6,8,10-12H2,1-2H3,(H,18,21). The van der Waals surface area contributed by atoms with E-state index in [0.717, 1.165) is 24.2 Å². The van der Waals surface area contributed by atoms with Crippen LogP contribution in [-0.4, -0.2) is 31.6 Å². The molecule has 0 radical (unpaired) electrons. The largest absolute Gasteiger partial charge is 0.382 e. The minimum absolute atomic E-state index is 0.0471. The van der Waals surface area contributed by atoms with Gasteiger partial charge in [0.25, 0.3) is 0 Å². The number of amides is 1. The van der Waals surface area contributed by atoms with E-state index in [1.54, 1.807) is 7.05 Å². The predicted octanol–water partition coefficient (Wildman–Crippen LogP) is 2.31. The third-order valence-corrected chi connectivity index (χ3v) is 4.10. The summed E-state index contributed by atoms with van der Waals surface area (Å²) in [5.41, 5.74) is 2.13. The number of benzene rings is 1. The molecule has 1 amide bonds. The topological polar surface area (TPSA) is 53.2 Å². The quantitative estimate of drug-likeness (QED) is 0.753. The van der Waals surface area contributed by atoms with Gasteiger partial charge in [-0.1, -0.05) is 24.6 Å². The second-order valence-electron chi connectivity index (χ2n) is 5.94. The van der Waals surface area contributed by atoms with E-state index in [1.807, 2.05) is 18.2 Å². The van der Waals surface area contributed by atoms with Crippen molar-refractivity contribution in [2.75, 3.05) is 18.9 Å². The molecule has 4 nitrogen and oxygen atoms in total. The van der Waals surface area contributed by atoms with E-state index in [0.29, 0.717) is 18.5 Å². The number of likely N-dealkylation sites (N-methyl/N-ethyl adjacent to an activating group) is 1. The van der Waals surface area contributed by atoms with Crippen molar-refractivity contribution in [3.63, 3.8) is 0 Å². The van der Waals surface area contributed by atoms with E-state index in [1.165, 1.54) is 19.3 Å². The van der Waals surface area contributed by atoms with Gasteiger partial charge in [0.1, 0.15) is 0 Å². The van der Waals surface area contributed by atoms with Crippen LogP contribution in [0.5, 0.6) is 0 Å². The summed E-state index contributed by atoms with van der Waals surface area (Å²) in [7, 11) is 1.68. The first kappa shape index (κ1) is 15.8. The van der Waals surface area contributed by atoms with Crippen molar-refractivity contribution in [1.82, 2.24) is 10.6 Å². The molecule has 1 fully saturated rings. The Balaban J connectivity index is 1.93. The molecule has 1 aromatic carbocycles. The number of carbonyl (C=O) groups excluding carboxylic acids is 1. The molecule has 4 heteroatoms. The second-order valence-corrected chi connectivity index (χ2v) is 5.94. The number of piperidine rings is 1. The van der Waals surface area contributed by atoms with E-state index >= 15 is 0 Å². The Bertz CT molecular complexity index is 455. The first-order valence-electron chi connectivity index (χ1n) is 7.97. The van der Waals surface area contributed by atoms with Crippen LogP contribution >= 0.6 is 0 Å². The van der Waals surface area contributed by atoms with E-state index in [-0.39, 0.29) is 5.91 Å². The number of para-hydroxylation sites is 1. The van der Waals surface area contributed by atoms with Crippen LogP contribution in [0.25, 0.3) is 0 Å². The summed E-state index contributed by atoms with van der Waals surface area (Å²) in [5, 5.41) is 9.84. The van der Waals surface area contributed by atoms with Crippen LogP contribution in [-0.2, 0) is 11.2 Å². The highest BCUT2D eigenvalue weighted by atomic mass is 16.1. The monoisotopic (exact) mass is 289 g/mol. The second kappa shape index (κ2) is 8.03. The average Bonchev–Trinajstić information content (AvgIpc) is 2.50. The predicted molar refractivity (Wildman–Crippen MR) is 87.6 cm³/mol. The summed E-state index contributed by atoms with van der Waals surface area (Å²) in [6, 6.07) is 9.09. The van der Waals surface area contributed by atoms with Crippen molar-refractivity contribution in [3.05, 3.63) is 29.8 Å². The maximum absolute atomic E-state index is 11.6. The van der Waals surface area contributed by atoms with E-state index in [4.69, 9.17) is 0 Å². The molecule has 1 aliphatic heterocycles. The summed E-state index contributed by atoms with van der Waals surface area (Å²) in [6.45, 7) is 3.36. The fraction of sp³-hybridized carbons (Fsp3) is 0.588. The third-order valence-electron chi connectivity index (χ3n) is 4.10. The number of rotatable bonds is 6. The van der Waals surface area contributed by atoms with Crippen molar-refractivity contribution in [3.8, 4) is 0 Å². The highest BCUT2D eigenvalue weighted by molar-refractivity contribution is 5.80. The molecule has 1 aliphatic rings. The van der Waals surface area contributed by atoms with Crippen molar-refractivity contribution in [2.45, 2.75) is 51.1 Å². The lowest BCUT2D eigenvalue weighted by molar-refractivity contribution is -0.119. The van der Waals surface area contributed by atoms with Crippen LogP contribution in [0.15, 0.2) is 24.3 Å². The summed E-state index contributed by atoms with van der Waals surface area (Å²) in [4.78, 5) is 11.6. The summed E-state index contributed by atoms with van der Waals surface area (Å²) >= 11 is 0. The molecule has 116 valence electrons. The van der Waals surface area contributed by atoms with Crippen molar-refractivity contribution < 1.29 is 4.79 Å². The Labute approximate surface area is 127 Å². The smallest absolute Gasteiger partial charge is 0.224 e. The number of carbonyl (C=O) groups is 1.